The molecule has 2 fully saturated rings. The predicted molar refractivity (Wildman–Crippen MR) is 102 cm³/mol. The highest BCUT2D eigenvalue weighted by Crippen LogP contribution is 2.40. The number of furan rings is 1. The lowest BCUT2D eigenvalue weighted by atomic mass is 9.86. The number of carbonyl (C=O) groups is 2. The largest absolute Gasteiger partial charge is 0.456 e. The summed E-state index contributed by atoms with van der Waals surface area (Å²) < 4.78 is 11.4. The van der Waals surface area contributed by atoms with Gasteiger partial charge in [-0.3, -0.25) is 0 Å². The van der Waals surface area contributed by atoms with E-state index in [9.17, 15) is 9.59 Å². The first-order chi connectivity index (χ1) is 12.6. The monoisotopic (exact) mass is 508 g/mol. The minimum Gasteiger partial charge on any atom is -0.456 e. The van der Waals surface area contributed by atoms with Crippen LogP contribution < -0.4 is 4.90 Å². The standard InChI is InChI=1S/C15H14ClIN4O4S/c16-7-20-5-11(25-13(22)10-4-9(17)6-24-10)21(15(20)23)14-19-18-12(26-14)8-2-1-3-8/h4,6,8,11H,1-3,5,7H2. The van der Waals surface area contributed by atoms with Crippen LogP contribution in [0.3, 0.4) is 0 Å². The van der Waals surface area contributed by atoms with Gasteiger partial charge in [-0.2, -0.15) is 0 Å². The Bertz CT molecular complexity index is 839. The van der Waals surface area contributed by atoms with Crippen LogP contribution >= 0.6 is 45.5 Å². The summed E-state index contributed by atoms with van der Waals surface area (Å²) in [6.45, 7) is 0.157. The van der Waals surface area contributed by atoms with Crippen LogP contribution in [0.1, 0.15) is 40.7 Å². The van der Waals surface area contributed by atoms with Crippen LogP contribution in [0.4, 0.5) is 9.93 Å². The van der Waals surface area contributed by atoms with Crippen molar-refractivity contribution in [2.75, 3.05) is 17.4 Å². The van der Waals surface area contributed by atoms with Gasteiger partial charge in [-0.15, -0.1) is 21.8 Å². The lowest BCUT2D eigenvalue weighted by Gasteiger charge is -2.22. The van der Waals surface area contributed by atoms with E-state index in [1.54, 1.807) is 6.07 Å². The van der Waals surface area contributed by atoms with Gasteiger partial charge in [0.2, 0.25) is 17.1 Å². The van der Waals surface area contributed by atoms with Crippen LogP contribution in [0.25, 0.3) is 0 Å². The molecule has 1 saturated carbocycles. The maximum absolute atomic E-state index is 12.6. The molecule has 2 aromatic rings. The van der Waals surface area contributed by atoms with Crippen molar-refractivity contribution in [3.63, 3.8) is 0 Å². The van der Waals surface area contributed by atoms with Crippen molar-refractivity contribution in [2.45, 2.75) is 31.4 Å². The van der Waals surface area contributed by atoms with E-state index in [0.29, 0.717) is 11.0 Å². The molecule has 26 heavy (non-hydrogen) atoms. The number of anilines is 1. The molecule has 2 aliphatic rings. The molecule has 1 unspecified atom stereocenters. The highest BCUT2D eigenvalue weighted by Gasteiger charge is 2.43. The van der Waals surface area contributed by atoms with Crippen LogP contribution in [0, 0.1) is 3.57 Å². The number of nitrogens with zero attached hydrogens (tertiary/aromatic N) is 4. The van der Waals surface area contributed by atoms with Crippen LogP contribution in [0.2, 0.25) is 0 Å². The first-order valence-electron chi connectivity index (χ1n) is 7.99. The third-order valence-corrected chi connectivity index (χ3v) is 6.33. The highest BCUT2D eigenvalue weighted by molar-refractivity contribution is 14.1. The Morgan fingerprint density at radius 2 is 2.27 bits per heavy atom. The summed E-state index contributed by atoms with van der Waals surface area (Å²) in [4.78, 5) is 27.7. The number of rotatable bonds is 5. The molecule has 4 rings (SSSR count). The molecule has 0 bridgehead atoms. The van der Waals surface area contributed by atoms with E-state index < -0.39 is 12.2 Å². The molecule has 2 amide bonds. The highest BCUT2D eigenvalue weighted by atomic mass is 127. The fourth-order valence-corrected chi connectivity index (χ4v) is 4.42. The smallest absolute Gasteiger partial charge is 0.376 e. The van der Waals surface area contributed by atoms with Gasteiger partial charge in [0, 0.05) is 12.0 Å². The molecule has 8 nitrogen and oxygen atoms in total. The Labute approximate surface area is 171 Å². The zero-order chi connectivity index (χ0) is 18.3. The lowest BCUT2D eigenvalue weighted by molar-refractivity contribution is 0.0294. The quantitative estimate of drug-likeness (QED) is 0.265. The number of amides is 2. The summed E-state index contributed by atoms with van der Waals surface area (Å²) in [7, 11) is 0. The molecular formula is C15H14ClIN4O4S. The van der Waals surface area contributed by atoms with Gasteiger partial charge in [0.1, 0.15) is 11.3 Å². The number of aromatic nitrogens is 2. The van der Waals surface area contributed by atoms with Gasteiger partial charge in [0.15, 0.2) is 0 Å². The number of hydrogen-bond donors (Lipinski definition) is 0. The average Bonchev–Trinajstić information content (AvgIpc) is 3.26. The SMILES string of the molecule is O=C(OC1CN(CCl)C(=O)N1c1nnc(C2CCC2)s1)c1cc(I)co1. The Balaban J connectivity index is 1.56. The first-order valence-corrected chi connectivity index (χ1v) is 10.4. The normalized spacial score (nSPS) is 20.5. The topological polar surface area (TPSA) is 88.8 Å². The number of hydrogen-bond acceptors (Lipinski definition) is 7. The lowest BCUT2D eigenvalue weighted by Crippen LogP contribution is -2.37. The summed E-state index contributed by atoms with van der Waals surface area (Å²) in [6, 6.07) is 1.21. The Hall–Kier alpha value is -1.40. The second-order valence-corrected chi connectivity index (χ2v) is 8.51. The van der Waals surface area contributed by atoms with Crippen molar-refractivity contribution < 1.29 is 18.7 Å². The van der Waals surface area contributed by atoms with Gasteiger partial charge in [0.05, 0.1) is 16.1 Å². The molecule has 0 N–H and O–H groups in total. The molecule has 1 atom stereocenters. The molecule has 3 heterocycles. The third-order valence-electron chi connectivity index (χ3n) is 4.39. The maximum Gasteiger partial charge on any atom is 0.376 e. The molecule has 0 spiro atoms. The first kappa shape index (κ1) is 18.0. The van der Waals surface area contributed by atoms with Gasteiger partial charge in [0.25, 0.3) is 0 Å². The van der Waals surface area contributed by atoms with E-state index in [0.717, 1.165) is 21.4 Å². The van der Waals surface area contributed by atoms with Crippen LogP contribution in [-0.4, -0.2) is 45.9 Å². The number of esters is 1. The van der Waals surface area contributed by atoms with E-state index >= 15 is 0 Å². The molecular weight excluding hydrogens is 495 g/mol. The summed E-state index contributed by atoms with van der Waals surface area (Å²) in [5.74, 6) is -0.149. The molecule has 0 radical (unpaired) electrons. The van der Waals surface area contributed by atoms with Crippen molar-refractivity contribution in [2.24, 2.45) is 0 Å². The van der Waals surface area contributed by atoms with E-state index in [1.165, 1.54) is 33.8 Å². The number of ether oxygens (including phenoxy) is 1. The summed E-state index contributed by atoms with van der Waals surface area (Å²) in [5, 5.41) is 9.67. The van der Waals surface area contributed by atoms with Crippen LogP contribution in [-0.2, 0) is 4.74 Å². The van der Waals surface area contributed by atoms with E-state index in [4.69, 9.17) is 20.8 Å². The fourth-order valence-electron chi connectivity index (χ4n) is 2.76. The molecule has 1 aliphatic carbocycles. The molecule has 138 valence electrons. The van der Waals surface area contributed by atoms with Crippen molar-refractivity contribution in [3.05, 3.63) is 26.7 Å². The second-order valence-electron chi connectivity index (χ2n) is 6.03. The van der Waals surface area contributed by atoms with Crippen molar-refractivity contribution in [1.29, 1.82) is 0 Å². The Kier molecular flexibility index (Phi) is 5.06. The maximum atomic E-state index is 12.6. The van der Waals surface area contributed by atoms with E-state index in [2.05, 4.69) is 10.2 Å². The molecule has 0 aromatic carbocycles. The van der Waals surface area contributed by atoms with Gasteiger partial charge in [-0.25, -0.2) is 14.5 Å². The molecule has 11 heteroatoms. The third kappa shape index (κ3) is 3.29. The minimum atomic E-state index is -0.835. The minimum absolute atomic E-state index is 0.00365. The summed E-state index contributed by atoms with van der Waals surface area (Å²) >= 11 is 9.24. The zero-order valence-corrected chi connectivity index (χ0v) is 17.2. The molecule has 1 aliphatic heterocycles. The Morgan fingerprint density at radius 1 is 1.46 bits per heavy atom. The fraction of sp³-hybridized carbons (Fsp3) is 0.467. The summed E-state index contributed by atoms with van der Waals surface area (Å²) in [6.07, 6.45) is 3.98. The van der Waals surface area contributed by atoms with E-state index in [1.807, 2.05) is 22.6 Å². The van der Waals surface area contributed by atoms with Gasteiger partial charge < -0.3 is 14.1 Å². The van der Waals surface area contributed by atoms with E-state index in [-0.39, 0.29) is 24.3 Å². The number of carbonyl (C=O) groups excluding carboxylic acids is 2. The van der Waals surface area contributed by atoms with Crippen LogP contribution in [0.15, 0.2) is 16.7 Å². The average molecular weight is 509 g/mol. The molecule has 2 aromatic heterocycles. The van der Waals surface area contributed by atoms with Crippen molar-refractivity contribution in [1.82, 2.24) is 15.1 Å². The number of halogens is 2. The van der Waals surface area contributed by atoms with Crippen LogP contribution in [0.5, 0.6) is 0 Å². The number of urea groups is 1. The zero-order valence-electron chi connectivity index (χ0n) is 13.4. The van der Waals surface area contributed by atoms with Gasteiger partial charge in [-0.1, -0.05) is 17.8 Å². The Morgan fingerprint density at radius 3 is 2.88 bits per heavy atom. The summed E-state index contributed by atoms with van der Waals surface area (Å²) in [5.41, 5.74) is 0. The predicted octanol–water partition coefficient (Wildman–Crippen LogP) is 3.62. The van der Waals surface area contributed by atoms with Crippen molar-refractivity contribution in [3.8, 4) is 0 Å². The number of alkyl halides is 1. The van der Waals surface area contributed by atoms with Gasteiger partial charge in [-0.05, 0) is 35.4 Å². The molecule has 1 saturated heterocycles. The second kappa shape index (κ2) is 7.31. The van der Waals surface area contributed by atoms with Gasteiger partial charge >= 0.3 is 12.0 Å². The van der Waals surface area contributed by atoms with Crippen molar-refractivity contribution >= 4 is 62.7 Å².